The SMILES string of the molecule is CCC(=O)Nc1ccc(NC(=O)COc2cc(Cl)c(Cl)cc2Cl)cc1. The lowest BCUT2D eigenvalue weighted by molar-refractivity contribution is -0.118. The van der Waals surface area contributed by atoms with E-state index in [9.17, 15) is 9.59 Å². The molecule has 0 atom stereocenters. The number of carbonyl (C=O) groups excluding carboxylic acids is 2. The molecule has 2 aromatic carbocycles. The van der Waals surface area contributed by atoms with Crippen LogP contribution in [0.4, 0.5) is 11.4 Å². The molecule has 0 aliphatic rings. The van der Waals surface area contributed by atoms with Gasteiger partial charge in [-0.15, -0.1) is 0 Å². The Bertz CT molecular complexity index is 779. The standard InChI is InChI=1S/C17H15Cl3N2O3/c1-2-16(23)21-10-3-5-11(6-4-10)22-17(24)9-25-15-8-13(19)12(18)7-14(15)20/h3-8H,2,9H2,1H3,(H,21,23)(H,22,24). The summed E-state index contributed by atoms with van der Waals surface area (Å²) in [5, 5.41) is 6.24. The number of anilines is 2. The van der Waals surface area contributed by atoms with Crippen LogP contribution < -0.4 is 15.4 Å². The Morgan fingerprint density at radius 3 is 1.96 bits per heavy atom. The van der Waals surface area contributed by atoms with E-state index in [1.807, 2.05) is 0 Å². The van der Waals surface area contributed by atoms with Crippen molar-refractivity contribution < 1.29 is 14.3 Å². The second-order valence-electron chi connectivity index (χ2n) is 5.01. The summed E-state index contributed by atoms with van der Waals surface area (Å²) in [4.78, 5) is 23.3. The zero-order valence-corrected chi connectivity index (χ0v) is 15.5. The molecule has 8 heteroatoms. The highest BCUT2D eigenvalue weighted by Crippen LogP contribution is 2.33. The van der Waals surface area contributed by atoms with Gasteiger partial charge in [-0.2, -0.15) is 0 Å². The predicted octanol–water partition coefficient (Wildman–Crippen LogP) is 5.01. The van der Waals surface area contributed by atoms with Crippen LogP contribution >= 0.6 is 34.8 Å². The van der Waals surface area contributed by atoms with Gasteiger partial charge in [0, 0.05) is 23.9 Å². The van der Waals surface area contributed by atoms with Crippen molar-refractivity contribution in [3.05, 3.63) is 51.5 Å². The molecule has 2 amide bonds. The van der Waals surface area contributed by atoms with Gasteiger partial charge in [0.05, 0.1) is 15.1 Å². The third-order valence-corrected chi connectivity index (χ3v) is 4.12. The summed E-state index contributed by atoms with van der Waals surface area (Å²) >= 11 is 17.7. The molecule has 2 rings (SSSR count). The van der Waals surface area contributed by atoms with Gasteiger partial charge in [0.1, 0.15) is 5.75 Å². The Morgan fingerprint density at radius 1 is 0.880 bits per heavy atom. The predicted molar refractivity (Wildman–Crippen MR) is 101 cm³/mol. The summed E-state index contributed by atoms with van der Waals surface area (Å²) < 4.78 is 5.35. The Kier molecular flexibility index (Phi) is 6.93. The largest absolute Gasteiger partial charge is 0.482 e. The van der Waals surface area contributed by atoms with Crippen LogP contribution in [0.1, 0.15) is 13.3 Å². The zero-order chi connectivity index (χ0) is 18.4. The van der Waals surface area contributed by atoms with E-state index in [1.54, 1.807) is 31.2 Å². The van der Waals surface area contributed by atoms with E-state index >= 15 is 0 Å². The molecule has 0 aliphatic heterocycles. The topological polar surface area (TPSA) is 67.4 Å². The summed E-state index contributed by atoms with van der Waals surface area (Å²) in [6, 6.07) is 9.64. The Morgan fingerprint density at radius 2 is 1.40 bits per heavy atom. The van der Waals surface area contributed by atoms with Crippen molar-refractivity contribution in [2.24, 2.45) is 0 Å². The monoisotopic (exact) mass is 400 g/mol. The molecule has 0 saturated heterocycles. The van der Waals surface area contributed by atoms with Crippen molar-refractivity contribution in [2.45, 2.75) is 13.3 Å². The number of hydrogen-bond acceptors (Lipinski definition) is 3. The highest BCUT2D eigenvalue weighted by molar-refractivity contribution is 6.43. The molecule has 0 fully saturated rings. The Balaban J connectivity index is 1.90. The molecule has 0 aromatic heterocycles. The molecule has 0 radical (unpaired) electrons. The van der Waals surface area contributed by atoms with Crippen molar-refractivity contribution in [3.63, 3.8) is 0 Å². The first-order valence-electron chi connectivity index (χ1n) is 7.36. The van der Waals surface area contributed by atoms with Crippen LogP contribution in [-0.4, -0.2) is 18.4 Å². The molecular weight excluding hydrogens is 387 g/mol. The van der Waals surface area contributed by atoms with Gasteiger partial charge in [0.2, 0.25) is 5.91 Å². The van der Waals surface area contributed by atoms with Crippen LogP contribution in [0.3, 0.4) is 0 Å². The van der Waals surface area contributed by atoms with E-state index in [0.717, 1.165) is 0 Å². The normalized spacial score (nSPS) is 10.2. The Labute approximate surface area is 160 Å². The van der Waals surface area contributed by atoms with Gasteiger partial charge < -0.3 is 15.4 Å². The molecule has 132 valence electrons. The van der Waals surface area contributed by atoms with Crippen molar-refractivity contribution in [2.75, 3.05) is 17.2 Å². The maximum absolute atomic E-state index is 11.9. The highest BCUT2D eigenvalue weighted by Gasteiger charge is 2.10. The quantitative estimate of drug-likeness (QED) is 0.668. The molecule has 0 saturated carbocycles. The third-order valence-electron chi connectivity index (χ3n) is 3.11. The molecule has 0 aliphatic carbocycles. The van der Waals surface area contributed by atoms with Crippen LogP contribution in [-0.2, 0) is 9.59 Å². The smallest absolute Gasteiger partial charge is 0.262 e. The van der Waals surface area contributed by atoms with E-state index in [4.69, 9.17) is 39.5 Å². The third kappa shape index (κ3) is 5.81. The summed E-state index contributed by atoms with van der Waals surface area (Å²) in [7, 11) is 0. The second kappa shape index (κ2) is 8.94. The molecule has 2 aromatic rings. The van der Waals surface area contributed by atoms with Gasteiger partial charge in [0.25, 0.3) is 5.91 Å². The fourth-order valence-corrected chi connectivity index (χ4v) is 2.43. The number of carbonyl (C=O) groups is 2. The van der Waals surface area contributed by atoms with E-state index in [-0.39, 0.29) is 34.2 Å². The summed E-state index contributed by atoms with van der Waals surface area (Å²) in [6.45, 7) is 1.52. The van der Waals surface area contributed by atoms with Crippen molar-refractivity contribution >= 4 is 58.0 Å². The lowest BCUT2D eigenvalue weighted by Crippen LogP contribution is -2.20. The first kappa shape index (κ1) is 19.4. The highest BCUT2D eigenvalue weighted by atomic mass is 35.5. The maximum atomic E-state index is 11.9. The van der Waals surface area contributed by atoms with Gasteiger partial charge in [-0.05, 0) is 30.3 Å². The lowest BCUT2D eigenvalue weighted by Gasteiger charge is -2.10. The molecule has 2 N–H and O–H groups in total. The van der Waals surface area contributed by atoms with Crippen molar-refractivity contribution in [3.8, 4) is 5.75 Å². The zero-order valence-electron chi connectivity index (χ0n) is 13.2. The fraction of sp³-hybridized carbons (Fsp3) is 0.176. The van der Waals surface area contributed by atoms with E-state index in [0.29, 0.717) is 22.8 Å². The summed E-state index contributed by atoms with van der Waals surface area (Å²) in [5.41, 5.74) is 1.23. The molecule has 0 bridgehead atoms. The van der Waals surface area contributed by atoms with Crippen LogP contribution in [0.5, 0.6) is 5.75 Å². The van der Waals surface area contributed by atoms with Gasteiger partial charge in [-0.3, -0.25) is 9.59 Å². The van der Waals surface area contributed by atoms with Gasteiger partial charge in [-0.1, -0.05) is 41.7 Å². The van der Waals surface area contributed by atoms with E-state index < -0.39 is 0 Å². The van der Waals surface area contributed by atoms with Gasteiger partial charge >= 0.3 is 0 Å². The lowest BCUT2D eigenvalue weighted by atomic mass is 10.2. The van der Waals surface area contributed by atoms with Gasteiger partial charge in [-0.25, -0.2) is 0 Å². The number of rotatable bonds is 6. The fourth-order valence-electron chi connectivity index (χ4n) is 1.84. The summed E-state index contributed by atoms with van der Waals surface area (Å²) in [5.74, 6) is -0.181. The average molecular weight is 402 g/mol. The summed E-state index contributed by atoms with van der Waals surface area (Å²) in [6.07, 6.45) is 0.396. The number of nitrogens with one attached hydrogen (secondary N) is 2. The maximum Gasteiger partial charge on any atom is 0.262 e. The van der Waals surface area contributed by atoms with Gasteiger partial charge in [0.15, 0.2) is 6.61 Å². The Hall–Kier alpha value is -1.95. The minimum Gasteiger partial charge on any atom is -0.482 e. The van der Waals surface area contributed by atoms with E-state index in [2.05, 4.69) is 10.6 Å². The molecule has 0 unspecified atom stereocenters. The molecule has 0 spiro atoms. The number of benzene rings is 2. The second-order valence-corrected chi connectivity index (χ2v) is 6.23. The molecule has 0 heterocycles. The van der Waals surface area contributed by atoms with E-state index in [1.165, 1.54) is 12.1 Å². The van der Waals surface area contributed by atoms with Crippen molar-refractivity contribution in [1.82, 2.24) is 0 Å². The van der Waals surface area contributed by atoms with Crippen molar-refractivity contribution in [1.29, 1.82) is 0 Å². The number of ether oxygens (including phenoxy) is 1. The average Bonchev–Trinajstić information content (AvgIpc) is 2.58. The van der Waals surface area contributed by atoms with Crippen LogP contribution in [0, 0.1) is 0 Å². The first-order valence-corrected chi connectivity index (χ1v) is 8.49. The van der Waals surface area contributed by atoms with Crippen LogP contribution in [0.25, 0.3) is 0 Å². The minimum absolute atomic E-state index is 0.0799. The van der Waals surface area contributed by atoms with Crippen LogP contribution in [0.15, 0.2) is 36.4 Å². The number of halogens is 3. The molecule has 25 heavy (non-hydrogen) atoms. The first-order chi connectivity index (χ1) is 11.9. The minimum atomic E-state index is -0.368. The number of amides is 2. The molecule has 5 nitrogen and oxygen atoms in total. The number of hydrogen-bond donors (Lipinski definition) is 2. The molecular formula is C17H15Cl3N2O3. The van der Waals surface area contributed by atoms with Crippen LogP contribution in [0.2, 0.25) is 15.1 Å².